The molecule has 0 fully saturated rings. The molecule has 0 bridgehead atoms. The molecule has 1 aromatic carbocycles. The summed E-state index contributed by atoms with van der Waals surface area (Å²) in [6, 6.07) is 8.32. The van der Waals surface area contributed by atoms with Gasteiger partial charge >= 0.3 is 0 Å². The van der Waals surface area contributed by atoms with Crippen molar-refractivity contribution in [1.82, 2.24) is 15.5 Å². The molecule has 0 aliphatic rings. The number of nitrogens with one attached hydrogen (secondary N) is 1. The zero-order valence-electron chi connectivity index (χ0n) is 12.9. The normalized spacial score (nSPS) is 10.8. The van der Waals surface area contributed by atoms with E-state index in [1.165, 1.54) is 29.2 Å². The number of nitrogens with zero attached hydrogens (tertiary/aromatic N) is 2. The Morgan fingerprint density at radius 3 is 3.00 bits per heavy atom. The summed E-state index contributed by atoms with van der Waals surface area (Å²) in [5, 5.41) is 8.85. The van der Waals surface area contributed by atoms with Gasteiger partial charge < -0.3 is 9.84 Å². The number of aromatic nitrogens is 2. The predicted molar refractivity (Wildman–Crippen MR) is 97.0 cm³/mol. The maximum absolute atomic E-state index is 13.6. The number of carbonyl (C=O) groups is 1. The molecule has 9 heteroatoms. The molecule has 0 radical (unpaired) electrons. The van der Waals surface area contributed by atoms with E-state index in [1.54, 1.807) is 12.1 Å². The van der Waals surface area contributed by atoms with E-state index in [2.05, 4.69) is 15.5 Å². The summed E-state index contributed by atoms with van der Waals surface area (Å²) in [5.41, 5.74) is 0.402. The summed E-state index contributed by atoms with van der Waals surface area (Å²) in [6.07, 6.45) is 0. The molecule has 0 saturated heterocycles. The number of hydrogen-bond donors (Lipinski definition) is 1. The van der Waals surface area contributed by atoms with Crippen LogP contribution in [-0.2, 0) is 17.1 Å². The molecule has 0 unspecified atom stereocenters. The maximum atomic E-state index is 13.6. The molecule has 0 saturated carbocycles. The number of amides is 1. The van der Waals surface area contributed by atoms with Crippen molar-refractivity contribution >= 4 is 40.6 Å². The first-order valence-corrected chi connectivity index (χ1v) is 9.68. The molecule has 0 atom stereocenters. The molecule has 0 spiro atoms. The van der Waals surface area contributed by atoms with Crippen molar-refractivity contribution in [3.8, 4) is 10.7 Å². The van der Waals surface area contributed by atoms with Crippen molar-refractivity contribution in [3.05, 3.63) is 58.0 Å². The molecule has 2 heterocycles. The monoisotopic (exact) mass is 397 g/mol. The quantitative estimate of drug-likeness (QED) is 0.648. The van der Waals surface area contributed by atoms with E-state index in [0.29, 0.717) is 28.1 Å². The number of carbonyl (C=O) groups excluding carboxylic acids is 1. The topological polar surface area (TPSA) is 68.0 Å². The van der Waals surface area contributed by atoms with Crippen LogP contribution in [0.15, 0.2) is 40.2 Å². The lowest BCUT2D eigenvalue weighted by Gasteiger charge is -2.06. The Bertz CT molecular complexity index is 835. The molecular weight excluding hydrogens is 385 g/mol. The SMILES string of the molecule is O=C(CSCc1c(F)cccc1Cl)NCc1nc(-c2cccs2)no1. The van der Waals surface area contributed by atoms with Crippen molar-refractivity contribution < 1.29 is 13.7 Å². The second kappa shape index (κ2) is 8.46. The summed E-state index contributed by atoms with van der Waals surface area (Å²) in [4.78, 5) is 17.0. The lowest BCUT2D eigenvalue weighted by atomic mass is 10.2. The first-order chi connectivity index (χ1) is 12.1. The Morgan fingerprint density at radius 2 is 2.24 bits per heavy atom. The van der Waals surface area contributed by atoms with E-state index in [0.717, 1.165) is 4.88 Å². The van der Waals surface area contributed by atoms with Crippen molar-refractivity contribution in [3.63, 3.8) is 0 Å². The van der Waals surface area contributed by atoms with Crippen LogP contribution in [0.25, 0.3) is 10.7 Å². The van der Waals surface area contributed by atoms with Crippen molar-refractivity contribution in [2.45, 2.75) is 12.3 Å². The fourth-order valence-electron chi connectivity index (χ4n) is 1.97. The number of hydrogen-bond acceptors (Lipinski definition) is 6. The number of rotatable bonds is 7. The Balaban J connectivity index is 1.44. The zero-order chi connectivity index (χ0) is 17.6. The van der Waals surface area contributed by atoms with E-state index in [4.69, 9.17) is 16.1 Å². The summed E-state index contributed by atoms with van der Waals surface area (Å²) >= 11 is 8.74. The molecule has 0 aliphatic heterocycles. The van der Waals surface area contributed by atoms with Gasteiger partial charge in [0.15, 0.2) is 0 Å². The Labute approximate surface area is 156 Å². The number of benzene rings is 1. The standard InChI is InChI=1S/C16H13ClFN3O2S2/c17-11-3-1-4-12(18)10(11)8-24-9-14(22)19-7-15-20-16(21-23-15)13-5-2-6-25-13/h1-6H,7-9H2,(H,19,22). The van der Waals surface area contributed by atoms with Crippen LogP contribution in [0.3, 0.4) is 0 Å². The van der Waals surface area contributed by atoms with Crippen molar-refractivity contribution in [2.24, 2.45) is 0 Å². The zero-order valence-corrected chi connectivity index (χ0v) is 15.3. The minimum atomic E-state index is -0.368. The Kier molecular flexibility index (Phi) is 6.06. The maximum Gasteiger partial charge on any atom is 0.246 e. The minimum absolute atomic E-state index is 0.151. The third-order valence-corrected chi connectivity index (χ3v) is 5.37. The van der Waals surface area contributed by atoms with Crippen LogP contribution in [0.1, 0.15) is 11.5 Å². The van der Waals surface area contributed by atoms with Gasteiger partial charge in [-0.2, -0.15) is 4.98 Å². The molecular formula is C16H13ClFN3O2S2. The second-order valence-corrected chi connectivity index (χ2v) is 7.30. The highest BCUT2D eigenvalue weighted by atomic mass is 35.5. The van der Waals surface area contributed by atoms with Crippen LogP contribution < -0.4 is 5.32 Å². The third-order valence-electron chi connectivity index (χ3n) is 3.19. The second-order valence-electron chi connectivity index (χ2n) is 4.96. The summed E-state index contributed by atoms with van der Waals surface area (Å²) in [7, 11) is 0. The first kappa shape index (κ1) is 17.9. The van der Waals surface area contributed by atoms with E-state index in [-0.39, 0.29) is 24.0 Å². The van der Waals surface area contributed by atoms with Gasteiger partial charge in [-0.25, -0.2) is 4.39 Å². The van der Waals surface area contributed by atoms with Crippen LogP contribution in [0.5, 0.6) is 0 Å². The molecule has 5 nitrogen and oxygen atoms in total. The molecule has 2 aromatic heterocycles. The van der Waals surface area contributed by atoms with Crippen LogP contribution in [0.2, 0.25) is 5.02 Å². The van der Waals surface area contributed by atoms with Gasteiger partial charge in [0.25, 0.3) is 0 Å². The lowest BCUT2D eigenvalue weighted by Crippen LogP contribution is -2.24. The average molecular weight is 398 g/mol. The van der Waals surface area contributed by atoms with Gasteiger partial charge in [-0.05, 0) is 23.6 Å². The average Bonchev–Trinajstić information content (AvgIpc) is 3.26. The molecule has 1 N–H and O–H groups in total. The van der Waals surface area contributed by atoms with Gasteiger partial charge in [-0.15, -0.1) is 23.1 Å². The summed E-state index contributed by atoms with van der Waals surface area (Å²) < 4.78 is 18.7. The molecule has 0 aliphatic carbocycles. The highest BCUT2D eigenvalue weighted by molar-refractivity contribution is 7.99. The molecule has 3 aromatic rings. The van der Waals surface area contributed by atoms with E-state index in [1.807, 2.05) is 17.5 Å². The van der Waals surface area contributed by atoms with Gasteiger partial charge in [-0.3, -0.25) is 4.79 Å². The largest absolute Gasteiger partial charge is 0.346 e. The molecule has 1 amide bonds. The molecule has 3 rings (SSSR count). The van der Waals surface area contributed by atoms with Crippen LogP contribution in [0.4, 0.5) is 4.39 Å². The van der Waals surface area contributed by atoms with Crippen molar-refractivity contribution in [2.75, 3.05) is 5.75 Å². The number of thioether (sulfide) groups is 1. The fraction of sp³-hybridized carbons (Fsp3) is 0.188. The van der Waals surface area contributed by atoms with E-state index >= 15 is 0 Å². The van der Waals surface area contributed by atoms with Crippen LogP contribution in [0, 0.1) is 5.82 Å². The van der Waals surface area contributed by atoms with E-state index < -0.39 is 0 Å². The number of thiophene rings is 1. The van der Waals surface area contributed by atoms with Gasteiger partial charge in [-0.1, -0.05) is 28.9 Å². The van der Waals surface area contributed by atoms with Crippen LogP contribution >= 0.6 is 34.7 Å². The Morgan fingerprint density at radius 1 is 1.36 bits per heavy atom. The predicted octanol–water partition coefficient (Wildman–Crippen LogP) is 4.14. The fourth-order valence-corrected chi connectivity index (χ4v) is 3.82. The van der Waals surface area contributed by atoms with Gasteiger partial charge in [0.2, 0.25) is 17.6 Å². The number of halogens is 2. The smallest absolute Gasteiger partial charge is 0.246 e. The van der Waals surface area contributed by atoms with Crippen LogP contribution in [-0.4, -0.2) is 21.8 Å². The highest BCUT2D eigenvalue weighted by Crippen LogP contribution is 2.24. The van der Waals surface area contributed by atoms with Gasteiger partial charge in [0.1, 0.15) is 5.82 Å². The summed E-state index contributed by atoms with van der Waals surface area (Å²) in [5.74, 6) is 0.765. The molecule has 130 valence electrons. The van der Waals surface area contributed by atoms with Gasteiger partial charge in [0, 0.05) is 16.3 Å². The third kappa shape index (κ3) is 4.81. The molecule has 25 heavy (non-hydrogen) atoms. The van der Waals surface area contributed by atoms with E-state index in [9.17, 15) is 9.18 Å². The Hall–Kier alpha value is -1.90. The highest BCUT2D eigenvalue weighted by Gasteiger charge is 2.11. The van der Waals surface area contributed by atoms with Gasteiger partial charge in [0.05, 0.1) is 17.2 Å². The lowest BCUT2D eigenvalue weighted by molar-refractivity contribution is -0.118. The minimum Gasteiger partial charge on any atom is -0.346 e. The van der Waals surface area contributed by atoms with Crippen molar-refractivity contribution in [1.29, 1.82) is 0 Å². The summed E-state index contributed by atoms with van der Waals surface area (Å²) in [6.45, 7) is 0.151. The first-order valence-electron chi connectivity index (χ1n) is 7.27.